The molecule has 0 saturated heterocycles. The lowest BCUT2D eigenvalue weighted by atomic mass is 9.94. The van der Waals surface area contributed by atoms with E-state index in [2.05, 4.69) is 31.7 Å². The molecule has 3 nitrogen and oxygen atoms in total. The maximum atomic E-state index is 11.6. The van der Waals surface area contributed by atoms with E-state index < -0.39 is 0 Å². The highest BCUT2D eigenvalue weighted by atomic mass is 16.5. The summed E-state index contributed by atoms with van der Waals surface area (Å²) < 4.78 is 5.26. The van der Waals surface area contributed by atoms with Gasteiger partial charge < -0.3 is 9.84 Å². The van der Waals surface area contributed by atoms with Crippen molar-refractivity contribution in [2.45, 2.75) is 39.7 Å². The molecular formula is C22H26O3. The van der Waals surface area contributed by atoms with Gasteiger partial charge in [0.1, 0.15) is 0 Å². The fourth-order valence-corrected chi connectivity index (χ4v) is 2.75. The molecule has 0 aliphatic rings. The quantitative estimate of drug-likeness (QED) is 0.571. The number of benzene rings is 2. The van der Waals surface area contributed by atoms with Gasteiger partial charge in [0, 0.05) is 12.0 Å². The third-order valence-electron chi connectivity index (χ3n) is 4.11. The number of aliphatic hydroxyl groups excluding tert-OH is 1. The number of carbonyl (C=O) groups is 1. The zero-order valence-electron chi connectivity index (χ0n) is 15.0. The fraction of sp³-hybridized carbons (Fsp3) is 0.318. The van der Waals surface area contributed by atoms with Crippen LogP contribution in [0.4, 0.5) is 0 Å². The second kappa shape index (κ2) is 9.19. The largest absolute Gasteiger partial charge is 0.462 e. The minimum atomic E-state index is -0.349. The molecule has 0 aliphatic heterocycles. The molecule has 132 valence electrons. The van der Waals surface area contributed by atoms with Gasteiger partial charge in [-0.15, -0.1) is 0 Å². The number of aliphatic hydroxyl groups is 1. The predicted molar refractivity (Wildman–Crippen MR) is 101 cm³/mol. The van der Waals surface area contributed by atoms with Crippen molar-refractivity contribution in [1.82, 2.24) is 0 Å². The molecule has 0 unspecified atom stereocenters. The number of esters is 1. The van der Waals surface area contributed by atoms with Gasteiger partial charge >= 0.3 is 5.97 Å². The van der Waals surface area contributed by atoms with Gasteiger partial charge in [-0.1, -0.05) is 62.4 Å². The molecule has 0 aliphatic carbocycles. The summed E-state index contributed by atoms with van der Waals surface area (Å²) in [5.74, 6) is -0.349. The molecule has 0 saturated carbocycles. The molecule has 2 rings (SSSR count). The summed E-state index contributed by atoms with van der Waals surface area (Å²) in [5.41, 5.74) is 6.00. The summed E-state index contributed by atoms with van der Waals surface area (Å²) in [4.78, 5) is 11.6. The fourth-order valence-electron chi connectivity index (χ4n) is 2.75. The Hall–Kier alpha value is -2.39. The molecule has 0 bridgehead atoms. The number of aryl methyl sites for hydroxylation is 1. The number of carbonyl (C=O) groups excluding carboxylic acids is 1. The molecule has 0 aromatic heterocycles. The zero-order valence-corrected chi connectivity index (χ0v) is 15.0. The van der Waals surface area contributed by atoms with Gasteiger partial charge in [-0.05, 0) is 41.2 Å². The molecule has 0 amide bonds. The van der Waals surface area contributed by atoms with E-state index in [1.807, 2.05) is 24.3 Å². The van der Waals surface area contributed by atoms with Crippen molar-refractivity contribution in [1.29, 1.82) is 0 Å². The highest BCUT2D eigenvalue weighted by molar-refractivity contribution is 5.86. The minimum Gasteiger partial charge on any atom is -0.462 e. The van der Waals surface area contributed by atoms with Crippen LogP contribution in [0.3, 0.4) is 0 Å². The summed E-state index contributed by atoms with van der Waals surface area (Å²) in [6, 6.07) is 14.4. The average molecular weight is 338 g/mol. The average Bonchev–Trinajstić information content (AvgIpc) is 2.62. The van der Waals surface area contributed by atoms with Crippen LogP contribution in [0.1, 0.15) is 37.0 Å². The SMILES string of the molecule is C=C(C)C(=O)OCCc1cc(CCC)ccc1-c1ccc(CO)cc1. The lowest BCUT2D eigenvalue weighted by Crippen LogP contribution is -2.08. The molecular weight excluding hydrogens is 312 g/mol. The van der Waals surface area contributed by atoms with Crippen LogP contribution in [0.25, 0.3) is 11.1 Å². The first-order chi connectivity index (χ1) is 12.0. The molecule has 1 N–H and O–H groups in total. The normalized spacial score (nSPS) is 10.5. The first-order valence-electron chi connectivity index (χ1n) is 8.69. The van der Waals surface area contributed by atoms with Gasteiger partial charge in [0.05, 0.1) is 13.2 Å². The molecule has 0 heterocycles. The van der Waals surface area contributed by atoms with Crippen LogP contribution in [0.5, 0.6) is 0 Å². The molecule has 0 atom stereocenters. The highest BCUT2D eigenvalue weighted by Crippen LogP contribution is 2.26. The second-order valence-electron chi connectivity index (χ2n) is 6.26. The zero-order chi connectivity index (χ0) is 18.2. The van der Waals surface area contributed by atoms with Crippen molar-refractivity contribution in [3.63, 3.8) is 0 Å². The number of rotatable bonds is 8. The Morgan fingerprint density at radius 3 is 2.36 bits per heavy atom. The summed E-state index contributed by atoms with van der Waals surface area (Å²) >= 11 is 0. The van der Waals surface area contributed by atoms with E-state index in [4.69, 9.17) is 4.74 Å². The lowest BCUT2D eigenvalue weighted by Gasteiger charge is -2.13. The molecule has 25 heavy (non-hydrogen) atoms. The van der Waals surface area contributed by atoms with Crippen LogP contribution in [0.2, 0.25) is 0 Å². The van der Waals surface area contributed by atoms with Crippen LogP contribution in [0.15, 0.2) is 54.6 Å². The Kier molecular flexibility index (Phi) is 6.96. The molecule has 0 radical (unpaired) electrons. The maximum Gasteiger partial charge on any atom is 0.333 e. The first-order valence-corrected chi connectivity index (χ1v) is 8.69. The van der Waals surface area contributed by atoms with E-state index in [9.17, 15) is 9.90 Å². The molecule has 2 aromatic rings. The van der Waals surface area contributed by atoms with E-state index in [1.54, 1.807) is 6.92 Å². The van der Waals surface area contributed by atoms with Crippen molar-refractivity contribution < 1.29 is 14.6 Å². The van der Waals surface area contributed by atoms with Crippen LogP contribution >= 0.6 is 0 Å². The van der Waals surface area contributed by atoms with E-state index in [0.717, 1.165) is 35.1 Å². The molecule has 0 spiro atoms. The monoisotopic (exact) mass is 338 g/mol. The molecule has 2 aromatic carbocycles. The Morgan fingerprint density at radius 1 is 1.08 bits per heavy atom. The second-order valence-corrected chi connectivity index (χ2v) is 6.26. The van der Waals surface area contributed by atoms with E-state index in [0.29, 0.717) is 18.6 Å². The van der Waals surface area contributed by atoms with E-state index in [-0.39, 0.29) is 12.6 Å². The maximum absolute atomic E-state index is 11.6. The van der Waals surface area contributed by atoms with Crippen molar-refractivity contribution >= 4 is 5.97 Å². The van der Waals surface area contributed by atoms with Crippen molar-refractivity contribution in [3.05, 3.63) is 71.3 Å². The number of ether oxygens (including phenoxy) is 1. The lowest BCUT2D eigenvalue weighted by molar-refractivity contribution is -0.138. The van der Waals surface area contributed by atoms with Crippen LogP contribution in [-0.4, -0.2) is 17.7 Å². The van der Waals surface area contributed by atoms with Crippen LogP contribution < -0.4 is 0 Å². The van der Waals surface area contributed by atoms with Crippen molar-refractivity contribution in [2.24, 2.45) is 0 Å². The first kappa shape index (κ1) is 18.9. The third-order valence-corrected chi connectivity index (χ3v) is 4.11. The Labute approximate surface area is 150 Å². The Balaban J connectivity index is 2.24. The highest BCUT2D eigenvalue weighted by Gasteiger charge is 2.09. The third kappa shape index (κ3) is 5.30. The van der Waals surface area contributed by atoms with Gasteiger partial charge in [-0.25, -0.2) is 4.79 Å². The standard InChI is InChI=1S/C22H26O3/c1-4-5-17-8-11-21(19-9-6-18(15-23)7-10-19)20(14-17)12-13-25-22(24)16(2)3/h6-11,14,23H,2,4-5,12-13,15H2,1,3H3. The van der Waals surface area contributed by atoms with Gasteiger partial charge in [0.15, 0.2) is 0 Å². The smallest absolute Gasteiger partial charge is 0.333 e. The number of hydrogen-bond donors (Lipinski definition) is 1. The van der Waals surface area contributed by atoms with Crippen LogP contribution in [-0.2, 0) is 29.0 Å². The Bertz CT molecular complexity index is 729. The van der Waals surface area contributed by atoms with Gasteiger partial charge in [-0.3, -0.25) is 0 Å². The van der Waals surface area contributed by atoms with E-state index in [1.165, 1.54) is 5.56 Å². The van der Waals surface area contributed by atoms with Crippen molar-refractivity contribution in [3.8, 4) is 11.1 Å². The van der Waals surface area contributed by atoms with Gasteiger partial charge in [0.2, 0.25) is 0 Å². The summed E-state index contributed by atoms with van der Waals surface area (Å²) in [6.45, 7) is 7.80. The summed E-state index contributed by atoms with van der Waals surface area (Å²) in [5, 5.41) is 9.21. The molecule has 3 heteroatoms. The van der Waals surface area contributed by atoms with Gasteiger partial charge in [0.25, 0.3) is 0 Å². The predicted octanol–water partition coefficient (Wildman–Crippen LogP) is 4.46. The van der Waals surface area contributed by atoms with Crippen molar-refractivity contribution in [2.75, 3.05) is 6.61 Å². The molecule has 0 fully saturated rings. The van der Waals surface area contributed by atoms with Crippen LogP contribution in [0, 0.1) is 0 Å². The Morgan fingerprint density at radius 2 is 1.76 bits per heavy atom. The minimum absolute atomic E-state index is 0.0411. The van der Waals surface area contributed by atoms with E-state index >= 15 is 0 Å². The number of hydrogen-bond acceptors (Lipinski definition) is 3. The summed E-state index contributed by atoms with van der Waals surface area (Å²) in [6.07, 6.45) is 2.78. The topological polar surface area (TPSA) is 46.5 Å². The summed E-state index contributed by atoms with van der Waals surface area (Å²) in [7, 11) is 0. The van der Waals surface area contributed by atoms with Gasteiger partial charge in [-0.2, -0.15) is 0 Å².